The third kappa shape index (κ3) is 3.98. The maximum Gasteiger partial charge on any atom is 0.317 e. The van der Waals surface area contributed by atoms with Gasteiger partial charge in [-0.3, -0.25) is 0 Å². The van der Waals surface area contributed by atoms with Crippen LogP contribution in [0.3, 0.4) is 0 Å². The summed E-state index contributed by atoms with van der Waals surface area (Å²) in [7, 11) is 1.82. The predicted molar refractivity (Wildman–Crippen MR) is 65.4 cm³/mol. The second kappa shape index (κ2) is 6.70. The minimum absolute atomic E-state index is 0.0415. The van der Waals surface area contributed by atoms with E-state index < -0.39 is 0 Å². The highest BCUT2D eigenvalue weighted by Crippen LogP contribution is 2.09. The fourth-order valence-electron chi connectivity index (χ4n) is 1.91. The number of nitrogens with zero attached hydrogens (tertiary/aromatic N) is 2. The van der Waals surface area contributed by atoms with Gasteiger partial charge in [-0.2, -0.15) is 0 Å². The topological polar surface area (TPSA) is 61.6 Å². The largest absolute Gasteiger partial charge is 0.335 e. The van der Waals surface area contributed by atoms with Gasteiger partial charge in [-0.25, -0.2) is 4.79 Å². The highest BCUT2D eigenvalue weighted by Gasteiger charge is 2.20. The molecule has 1 aliphatic rings. The summed E-state index contributed by atoms with van der Waals surface area (Å²) in [6.07, 6.45) is 2.06. The smallest absolute Gasteiger partial charge is 0.317 e. The standard InChI is InChI=1S/C11H24N4O/c1-3-14(2)11(16)13-10-4-7-15(8-5-10)9-6-12/h10H,3-9,12H2,1-2H3,(H,13,16). The Hall–Kier alpha value is -0.810. The van der Waals surface area contributed by atoms with Crippen LogP contribution in [-0.2, 0) is 0 Å². The molecule has 5 heteroatoms. The summed E-state index contributed by atoms with van der Waals surface area (Å²) >= 11 is 0. The number of nitrogens with one attached hydrogen (secondary N) is 1. The number of carbonyl (C=O) groups is 1. The molecular formula is C11H24N4O. The Balaban J connectivity index is 2.24. The van der Waals surface area contributed by atoms with Crippen LogP contribution in [0.2, 0.25) is 0 Å². The Kier molecular flexibility index (Phi) is 5.55. The zero-order valence-electron chi connectivity index (χ0n) is 10.4. The summed E-state index contributed by atoms with van der Waals surface area (Å²) in [6.45, 7) is 6.49. The third-order valence-corrected chi connectivity index (χ3v) is 3.18. The van der Waals surface area contributed by atoms with Crippen LogP contribution in [0, 0.1) is 0 Å². The van der Waals surface area contributed by atoms with Crippen LogP contribution >= 0.6 is 0 Å². The van der Waals surface area contributed by atoms with E-state index in [-0.39, 0.29) is 6.03 Å². The molecule has 0 atom stereocenters. The normalized spacial score (nSPS) is 18.4. The average Bonchev–Trinajstić information content (AvgIpc) is 2.31. The lowest BCUT2D eigenvalue weighted by atomic mass is 10.1. The highest BCUT2D eigenvalue weighted by atomic mass is 16.2. The molecule has 1 heterocycles. The van der Waals surface area contributed by atoms with Crippen molar-refractivity contribution in [1.29, 1.82) is 0 Å². The minimum atomic E-state index is 0.0415. The highest BCUT2D eigenvalue weighted by molar-refractivity contribution is 5.74. The Morgan fingerprint density at radius 1 is 1.50 bits per heavy atom. The van der Waals surface area contributed by atoms with Gasteiger partial charge in [-0.05, 0) is 19.8 Å². The molecule has 1 rings (SSSR count). The summed E-state index contributed by atoms with van der Waals surface area (Å²) in [4.78, 5) is 15.7. The number of urea groups is 1. The van der Waals surface area contributed by atoms with Crippen LogP contribution in [0.25, 0.3) is 0 Å². The van der Waals surface area contributed by atoms with E-state index in [0.717, 1.165) is 45.6 Å². The van der Waals surface area contributed by atoms with Crippen LogP contribution < -0.4 is 11.1 Å². The van der Waals surface area contributed by atoms with Crippen molar-refractivity contribution in [1.82, 2.24) is 15.1 Å². The predicted octanol–water partition coefficient (Wildman–Crippen LogP) is 0.0708. The summed E-state index contributed by atoms with van der Waals surface area (Å²) in [5, 5.41) is 3.06. The van der Waals surface area contributed by atoms with E-state index in [4.69, 9.17) is 5.73 Å². The molecule has 0 saturated carbocycles. The number of nitrogens with two attached hydrogens (primary N) is 1. The molecule has 1 saturated heterocycles. The fourth-order valence-corrected chi connectivity index (χ4v) is 1.91. The third-order valence-electron chi connectivity index (χ3n) is 3.18. The van der Waals surface area contributed by atoms with Crippen LogP contribution in [-0.4, -0.2) is 61.6 Å². The summed E-state index contributed by atoms with van der Waals surface area (Å²) in [6, 6.07) is 0.371. The van der Waals surface area contributed by atoms with Gasteiger partial charge >= 0.3 is 6.03 Å². The van der Waals surface area contributed by atoms with Crippen LogP contribution in [0.5, 0.6) is 0 Å². The molecule has 0 aromatic carbocycles. The van der Waals surface area contributed by atoms with Gasteiger partial charge in [-0.1, -0.05) is 0 Å². The number of piperidine rings is 1. The zero-order valence-corrected chi connectivity index (χ0v) is 10.4. The average molecular weight is 228 g/mol. The van der Waals surface area contributed by atoms with E-state index in [9.17, 15) is 4.79 Å². The Morgan fingerprint density at radius 2 is 2.12 bits per heavy atom. The first-order valence-corrected chi connectivity index (χ1v) is 6.11. The van der Waals surface area contributed by atoms with Gasteiger partial charge in [0.2, 0.25) is 0 Å². The first-order chi connectivity index (χ1) is 7.67. The molecule has 0 bridgehead atoms. The fraction of sp³-hybridized carbons (Fsp3) is 0.909. The Bertz CT molecular complexity index is 214. The van der Waals surface area contributed by atoms with Gasteiger partial charge in [-0.15, -0.1) is 0 Å². The second-order valence-corrected chi connectivity index (χ2v) is 4.37. The SMILES string of the molecule is CCN(C)C(=O)NC1CCN(CCN)CC1. The van der Waals surface area contributed by atoms with Crippen molar-refractivity contribution < 1.29 is 4.79 Å². The number of hydrogen-bond acceptors (Lipinski definition) is 3. The molecule has 0 aromatic heterocycles. The van der Waals surface area contributed by atoms with Crippen molar-refractivity contribution in [3.05, 3.63) is 0 Å². The van der Waals surface area contributed by atoms with E-state index in [2.05, 4.69) is 10.2 Å². The number of likely N-dealkylation sites (tertiary alicyclic amines) is 1. The van der Waals surface area contributed by atoms with Crippen molar-refractivity contribution in [3.63, 3.8) is 0 Å². The van der Waals surface area contributed by atoms with Crippen LogP contribution in [0.4, 0.5) is 4.79 Å². The number of amides is 2. The van der Waals surface area contributed by atoms with Gasteiger partial charge in [0.1, 0.15) is 0 Å². The van der Waals surface area contributed by atoms with E-state index in [1.165, 1.54) is 0 Å². The lowest BCUT2D eigenvalue weighted by Crippen LogP contribution is -2.48. The molecule has 16 heavy (non-hydrogen) atoms. The maximum atomic E-state index is 11.6. The molecule has 0 spiro atoms. The van der Waals surface area contributed by atoms with Crippen molar-refractivity contribution in [2.75, 3.05) is 39.8 Å². The van der Waals surface area contributed by atoms with Gasteiger partial charge in [0, 0.05) is 45.8 Å². The van der Waals surface area contributed by atoms with Gasteiger partial charge in [0.05, 0.1) is 0 Å². The molecule has 3 N–H and O–H groups in total. The van der Waals surface area contributed by atoms with E-state index in [1.54, 1.807) is 4.90 Å². The van der Waals surface area contributed by atoms with Gasteiger partial charge < -0.3 is 20.9 Å². The first-order valence-electron chi connectivity index (χ1n) is 6.11. The van der Waals surface area contributed by atoms with Gasteiger partial charge in [0.25, 0.3) is 0 Å². The molecule has 2 amide bonds. The van der Waals surface area contributed by atoms with Crippen molar-refractivity contribution >= 4 is 6.03 Å². The summed E-state index contributed by atoms with van der Waals surface area (Å²) in [5.41, 5.74) is 5.51. The van der Waals surface area contributed by atoms with Crippen LogP contribution in [0.15, 0.2) is 0 Å². The number of carbonyl (C=O) groups excluding carboxylic acids is 1. The molecule has 0 aliphatic carbocycles. The summed E-state index contributed by atoms with van der Waals surface area (Å²) < 4.78 is 0. The van der Waals surface area contributed by atoms with E-state index >= 15 is 0 Å². The zero-order chi connectivity index (χ0) is 12.0. The molecule has 1 fully saturated rings. The lowest BCUT2D eigenvalue weighted by Gasteiger charge is -2.32. The Labute approximate surface area is 98.0 Å². The Morgan fingerprint density at radius 3 is 2.62 bits per heavy atom. The van der Waals surface area contributed by atoms with Crippen molar-refractivity contribution in [2.45, 2.75) is 25.8 Å². The summed E-state index contributed by atoms with van der Waals surface area (Å²) in [5.74, 6) is 0. The molecule has 94 valence electrons. The molecule has 5 nitrogen and oxygen atoms in total. The van der Waals surface area contributed by atoms with E-state index in [0.29, 0.717) is 6.04 Å². The number of hydrogen-bond donors (Lipinski definition) is 2. The van der Waals surface area contributed by atoms with Crippen molar-refractivity contribution in [2.24, 2.45) is 5.73 Å². The lowest BCUT2D eigenvalue weighted by molar-refractivity contribution is 0.181. The molecule has 0 unspecified atom stereocenters. The van der Waals surface area contributed by atoms with Gasteiger partial charge in [0.15, 0.2) is 0 Å². The monoisotopic (exact) mass is 228 g/mol. The second-order valence-electron chi connectivity index (χ2n) is 4.37. The quantitative estimate of drug-likeness (QED) is 0.716. The number of rotatable bonds is 4. The van der Waals surface area contributed by atoms with Crippen LogP contribution in [0.1, 0.15) is 19.8 Å². The van der Waals surface area contributed by atoms with Crippen molar-refractivity contribution in [3.8, 4) is 0 Å². The molecule has 1 aliphatic heterocycles. The minimum Gasteiger partial charge on any atom is -0.335 e. The molecule has 0 radical (unpaired) electrons. The first kappa shape index (κ1) is 13.3. The molecule has 0 aromatic rings. The maximum absolute atomic E-state index is 11.6. The van der Waals surface area contributed by atoms with E-state index in [1.807, 2.05) is 14.0 Å². The molecular weight excluding hydrogens is 204 g/mol.